The number of hydrogen-bond donors (Lipinski definition) is 0. The third-order valence-corrected chi connectivity index (χ3v) is 4.16. The summed E-state index contributed by atoms with van der Waals surface area (Å²) < 4.78 is 4.14. The van der Waals surface area contributed by atoms with Gasteiger partial charge in [-0.2, -0.15) is 0 Å². The monoisotopic (exact) mass is 287 g/mol. The van der Waals surface area contributed by atoms with E-state index in [0.717, 1.165) is 22.3 Å². The molecular formula is C14H17N5S. The lowest BCUT2D eigenvalue weighted by Gasteiger charge is -2.08. The fourth-order valence-electron chi connectivity index (χ4n) is 2.10. The zero-order valence-electron chi connectivity index (χ0n) is 11.8. The molecule has 0 aliphatic rings. The number of aryl methyl sites for hydroxylation is 1. The van der Waals surface area contributed by atoms with E-state index in [0.29, 0.717) is 6.04 Å². The first-order valence-electron chi connectivity index (χ1n) is 6.60. The van der Waals surface area contributed by atoms with Crippen LogP contribution in [0.3, 0.4) is 0 Å². The van der Waals surface area contributed by atoms with Gasteiger partial charge < -0.3 is 8.97 Å². The predicted molar refractivity (Wildman–Crippen MR) is 79.9 cm³/mol. The molecule has 0 amide bonds. The van der Waals surface area contributed by atoms with Crippen molar-refractivity contribution in [3.8, 4) is 0 Å². The van der Waals surface area contributed by atoms with Crippen molar-refractivity contribution in [3.05, 3.63) is 42.1 Å². The summed E-state index contributed by atoms with van der Waals surface area (Å²) in [4.78, 5) is 4.67. The normalized spacial score (nSPS) is 11.6. The number of hydrogen-bond acceptors (Lipinski definition) is 4. The molecule has 104 valence electrons. The second-order valence-electron chi connectivity index (χ2n) is 5.06. The van der Waals surface area contributed by atoms with Gasteiger partial charge in [0.25, 0.3) is 0 Å². The molecule has 0 bridgehead atoms. The summed E-state index contributed by atoms with van der Waals surface area (Å²) >= 11 is 1.67. The van der Waals surface area contributed by atoms with Crippen molar-refractivity contribution in [2.45, 2.75) is 37.7 Å². The van der Waals surface area contributed by atoms with Gasteiger partial charge in [-0.15, -0.1) is 10.2 Å². The second-order valence-corrected chi connectivity index (χ2v) is 6.00. The zero-order valence-corrected chi connectivity index (χ0v) is 12.6. The highest BCUT2D eigenvalue weighted by Gasteiger charge is 2.10. The third-order valence-electron chi connectivity index (χ3n) is 3.17. The van der Waals surface area contributed by atoms with Crippen LogP contribution < -0.4 is 0 Å². The fraction of sp³-hybridized carbons (Fsp3) is 0.357. The second kappa shape index (κ2) is 5.28. The molecule has 0 spiro atoms. The van der Waals surface area contributed by atoms with Crippen molar-refractivity contribution in [2.24, 2.45) is 0 Å². The van der Waals surface area contributed by atoms with Crippen LogP contribution in [0.4, 0.5) is 0 Å². The summed E-state index contributed by atoms with van der Waals surface area (Å²) in [5, 5.41) is 9.08. The van der Waals surface area contributed by atoms with Crippen LogP contribution in [0.5, 0.6) is 0 Å². The Morgan fingerprint density at radius 1 is 1.35 bits per heavy atom. The summed E-state index contributed by atoms with van der Waals surface area (Å²) in [6.45, 7) is 6.33. The van der Waals surface area contributed by atoms with Gasteiger partial charge in [-0.3, -0.25) is 0 Å². The first-order chi connectivity index (χ1) is 9.65. The van der Waals surface area contributed by atoms with Crippen molar-refractivity contribution in [1.82, 2.24) is 24.1 Å². The minimum Gasteiger partial charge on any atom is -0.307 e. The van der Waals surface area contributed by atoms with Gasteiger partial charge in [0.05, 0.1) is 5.69 Å². The first-order valence-corrected chi connectivity index (χ1v) is 7.59. The molecule has 3 heterocycles. The van der Waals surface area contributed by atoms with Crippen molar-refractivity contribution in [1.29, 1.82) is 0 Å². The number of nitrogens with zero attached hydrogens (tertiary/aromatic N) is 5. The maximum atomic E-state index is 4.67. The number of aromatic nitrogens is 5. The highest BCUT2D eigenvalue weighted by atomic mass is 32.2. The van der Waals surface area contributed by atoms with Crippen LogP contribution in [-0.2, 0) is 5.75 Å². The first kappa shape index (κ1) is 13.2. The van der Waals surface area contributed by atoms with E-state index in [1.807, 2.05) is 12.3 Å². The lowest BCUT2D eigenvalue weighted by molar-refractivity contribution is 0.549. The van der Waals surface area contributed by atoms with Gasteiger partial charge in [0.2, 0.25) is 0 Å². The fourth-order valence-corrected chi connectivity index (χ4v) is 3.03. The van der Waals surface area contributed by atoms with Crippen LogP contribution in [0, 0.1) is 6.92 Å². The molecule has 0 N–H and O–H groups in total. The maximum absolute atomic E-state index is 4.67. The molecule has 0 saturated carbocycles. The van der Waals surface area contributed by atoms with E-state index in [1.54, 1.807) is 18.1 Å². The van der Waals surface area contributed by atoms with Crippen LogP contribution in [0.25, 0.3) is 5.65 Å². The molecule has 3 rings (SSSR count). The Hall–Kier alpha value is -1.82. The van der Waals surface area contributed by atoms with Crippen molar-refractivity contribution >= 4 is 17.4 Å². The zero-order chi connectivity index (χ0) is 14.1. The highest BCUT2D eigenvalue weighted by molar-refractivity contribution is 7.98. The molecule has 3 aromatic rings. The summed E-state index contributed by atoms with van der Waals surface area (Å²) in [6.07, 6.45) is 5.88. The standard InChI is InChI=1S/C14H17N5S/c1-10(2)19-9-15-17-14(19)20-8-12-7-18-6-4-5-11(3)13(18)16-12/h4-7,9-10H,8H2,1-3H3. The van der Waals surface area contributed by atoms with Gasteiger partial charge >= 0.3 is 0 Å². The topological polar surface area (TPSA) is 48.0 Å². The van der Waals surface area contributed by atoms with E-state index in [9.17, 15) is 0 Å². The molecule has 0 aliphatic carbocycles. The van der Waals surface area contributed by atoms with Crippen molar-refractivity contribution in [2.75, 3.05) is 0 Å². The van der Waals surface area contributed by atoms with E-state index in [1.165, 1.54) is 5.56 Å². The summed E-state index contributed by atoms with van der Waals surface area (Å²) in [5.41, 5.74) is 3.27. The molecule has 0 saturated heterocycles. The van der Waals surface area contributed by atoms with Gasteiger partial charge in [0, 0.05) is 24.2 Å². The molecule has 5 nitrogen and oxygen atoms in total. The Labute approximate surface area is 122 Å². The molecule has 0 aliphatic heterocycles. The number of imidazole rings is 1. The van der Waals surface area contributed by atoms with Gasteiger partial charge in [-0.1, -0.05) is 17.8 Å². The Bertz CT molecular complexity index is 728. The van der Waals surface area contributed by atoms with Crippen LogP contribution in [0.2, 0.25) is 0 Å². The molecule has 0 radical (unpaired) electrons. The lowest BCUT2D eigenvalue weighted by Crippen LogP contribution is -2.00. The minimum atomic E-state index is 0.371. The van der Waals surface area contributed by atoms with Gasteiger partial charge in [-0.25, -0.2) is 4.98 Å². The maximum Gasteiger partial charge on any atom is 0.191 e. The molecule has 3 aromatic heterocycles. The van der Waals surface area contributed by atoms with Crippen LogP contribution >= 0.6 is 11.8 Å². The van der Waals surface area contributed by atoms with Crippen LogP contribution in [0.1, 0.15) is 31.1 Å². The predicted octanol–water partition coefficient (Wildman–Crippen LogP) is 3.11. The summed E-state index contributed by atoms with van der Waals surface area (Å²) in [6, 6.07) is 4.49. The van der Waals surface area contributed by atoms with Crippen molar-refractivity contribution in [3.63, 3.8) is 0 Å². The van der Waals surface area contributed by atoms with E-state index in [2.05, 4.69) is 57.2 Å². The van der Waals surface area contributed by atoms with E-state index < -0.39 is 0 Å². The molecule has 20 heavy (non-hydrogen) atoms. The minimum absolute atomic E-state index is 0.371. The molecule has 0 unspecified atom stereocenters. The largest absolute Gasteiger partial charge is 0.307 e. The summed E-state index contributed by atoms with van der Waals surface area (Å²) in [7, 11) is 0. The molecular weight excluding hydrogens is 270 g/mol. The number of rotatable bonds is 4. The quantitative estimate of drug-likeness (QED) is 0.692. The van der Waals surface area contributed by atoms with Gasteiger partial charge in [0.15, 0.2) is 5.16 Å². The average Bonchev–Trinajstić information content (AvgIpc) is 3.03. The smallest absolute Gasteiger partial charge is 0.191 e. The molecule has 0 aromatic carbocycles. The van der Waals surface area contributed by atoms with E-state index in [4.69, 9.17) is 0 Å². The third kappa shape index (κ3) is 2.43. The van der Waals surface area contributed by atoms with Crippen molar-refractivity contribution < 1.29 is 0 Å². The van der Waals surface area contributed by atoms with Crippen LogP contribution in [-0.4, -0.2) is 24.1 Å². The molecule has 0 atom stereocenters. The van der Waals surface area contributed by atoms with Crippen LogP contribution in [0.15, 0.2) is 36.0 Å². The molecule has 6 heteroatoms. The molecule has 0 fully saturated rings. The lowest BCUT2D eigenvalue weighted by atomic mass is 10.3. The van der Waals surface area contributed by atoms with Gasteiger partial charge in [-0.05, 0) is 32.4 Å². The van der Waals surface area contributed by atoms with E-state index in [-0.39, 0.29) is 0 Å². The number of thioether (sulfide) groups is 1. The summed E-state index contributed by atoms with van der Waals surface area (Å²) in [5.74, 6) is 0.798. The highest BCUT2D eigenvalue weighted by Crippen LogP contribution is 2.23. The van der Waals surface area contributed by atoms with E-state index >= 15 is 0 Å². The average molecular weight is 287 g/mol. The Balaban J connectivity index is 1.80. The Kier molecular flexibility index (Phi) is 3.48. The Morgan fingerprint density at radius 2 is 2.20 bits per heavy atom. The Morgan fingerprint density at radius 3 is 2.95 bits per heavy atom. The number of pyridine rings is 1. The SMILES string of the molecule is Cc1cccn2cc(CSc3nncn3C(C)C)nc12. The van der Waals surface area contributed by atoms with Gasteiger partial charge in [0.1, 0.15) is 12.0 Å². The number of fused-ring (bicyclic) bond motifs is 1.